The van der Waals surface area contributed by atoms with Crippen molar-refractivity contribution >= 4 is 17.8 Å². The zero-order valence-electron chi connectivity index (χ0n) is 9.21. The van der Waals surface area contributed by atoms with Gasteiger partial charge in [-0.15, -0.1) is 0 Å². The number of fused-ring (bicyclic) bond motifs is 1. The Morgan fingerprint density at radius 1 is 1.24 bits per heavy atom. The molecule has 0 aliphatic carbocycles. The Balaban J connectivity index is 2.27. The molecule has 88 valence electrons. The highest BCUT2D eigenvalue weighted by atomic mass is 16.4. The number of carboxylic acid groups (broad SMARTS) is 1. The molecule has 0 fully saturated rings. The van der Waals surface area contributed by atoms with E-state index in [0.29, 0.717) is 11.1 Å². The predicted octanol–water partition coefficient (Wildman–Crippen LogP) is 1.00. The van der Waals surface area contributed by atoms with Crippen LogP contribution in [0, 0.1) is 5.92 Å². The standard InChI is InChI=1S/C12H11NO4/c1-7(12(16)17)6-13-10(14)8-4-2-3-5-9(8)11(13)15/h2-5,7H,6H2,1H3,(H,16,17)/t7-/m0/s1. The van der Waals surface area contributed by atoms with Crippen molar-refractivity contribution in [2.24, 2.45) is 5.92 Å². The summed E-state index contributed by atoms with van der Waals surface area (Å²) in [6.07, 6.45) is 0. The van der Waals surface area contributed by atoms with Crippen molar-refractivity contribution in [1.29, 1.82) is 0 Å². The van der Waals surface area contributed by atoms with Crippen LogP contribution in [0.4, 0.5) is 0 Å². The van der Waals surface area contributed by atoms with Crippen molar-refractivity contribution in [3.8, 4) is 0 Å². The predicted molar refractivity (Wildman–Crippen MR) is 58.6 cm³/mol. The molecular formula is C12H11NO4. The average Bonchev–Trinajstić information content (AvgIpc) is 2.55. The number of carboxylic acids is 1. The Bertz CT molecular complexity index is 474. The number of carbonyl (C=O) groups excluding carboxylic acids is 2. The third-order valence-corrected chi connectivity index (χ3v) is 2.76. The van der Waals surface area contributed by atoms with Gasteiger partial charge >= 0.3 is 5.97 Å². The van der Waals surface area contributed by atoms with Crippen LogP contribution in [0.3, 0.4) is 0 Å². The first kappa shape index (κ1) is 11.3. The summed E-state index contributed by atoms with van der Waals surface area (Å²) in [5.74, 6) is -2.63. The van der Waals surface area contributed by atoms with Crippen LogP contribution in [-0.2, 0) is 4.79 Å². The lowest BCUT2D eigenvalue weighted by molar-refractivity contribution is -0.141. The number of hydrogen-bond acceptors (Lipinski definition) is 3. The van der Waals surface area contributed by atoms with E-state index in [1.165, 1.54) is 6.92 Å². The Morgan fingerprint density at radius 3 is 2.12 bits per heavy atom. The number of carbonyl (C=O) groups is 3. The number of benzene rings is 1. The van der Waals surface area contributed by atoms with Crippen LogP contribution < -0.4 is 0 Å². The first-order valence-electron chi connectivity index (χ1n) is 5.20. The second-order valence-electron chi connectivity index (χ2n) is 4.01. The molecule has 1 aliphatic rings. The molecule has 1 atom stereocenters. The van der Waals surface area contributed by atoms with Gasteiger partial charge in [-0.25, -0.2) is 0 Å². The average molecular weight is 233 g/mol. The van der Waals surface area contributed by atoms with E-state index in [-0.39, 0.29) is 6.54 Å². The summed E-state index contributed by atoms with van der Waals surface area (Å²) in [5.41, 5.74) is 0.685. The molecule has 5 heteroatoms. The lowest BCUT2D eigenvalue weighted by atomic mass is 10.1. The molecule has 17 heavy (non-hydrogen) atoms. The Kier molecular flexibility index (Phi) is 2.67. The van der Waals surface area contributed by atoms with Gasteiger partial charge in [0, 0.05) is 6.54 Å². The molecule has 0 saturated carbocycles. The summed E-state index contributed by atoms with van der Waals surface area (Å²) in [6, 6.07) is 6.49. The van der Waals surface area contributed by atoms with E-state index in [1.54, 1.807) is 24.3 Å². The van der Waals surface area contributed by atoms with E-state index in [9.17, 15) is 14.4 Å². The monoisotopic (exact) mass is 233 g/mol. The van der Waals surface area contributed by atoms with Crippen molar-refractivity contribution in [3.05, 3.63) is 35.4 Å². The SMILES string of the molecule is C[C@@H](CN1C(=O)c2ccccc2C1=O)C(=O)O. The van der Waals surface area contributed by atoms with Crippen LogP contribution in [0.2, 0.25) is 0 Å². The molecule has 1 aliphatic heterocycles. The maximum Gasteiger partial charge on any atom is 0.308 e. The molecule has 1 N–H and O–H groups in total. The number of aliphatic carboxylic acids is 1. The van der Waals surface area contributed by atoms with Crippen LogP contribution >= 0.6 is 0 Å². The van der Waals surface area contributed by atoms with Crippen molar-refractivity contribution in [1.82, 2.24) is 4.90 Å². The van der Waals surface area contributed by atoms with Gasteiger partial charge in [0.2, 0.25) is 0 Å². The van der Waals surface area contributed by atoms with Gasteiger partial charge in [-0.1, -0.05) is 19.1 Å². The highest BCUT2D eigenvalue weighted by molar-refractivity contribution is 6.21. The topological polar surface area (TPSA) is 74.7 Å². The van der Waals surface area contributed by atoms with Gasteiger partial charge in [0.1, 0.15) is 0 Å². The minimum Gasteiger partial charge on any atom is -0.481 e. The summed E-state index contributed by atoms with van der Waals surface area (Å²) in [4.78, 5) is 35.5. The van der Waals surface area contributed by atoms with E-state index >= 15 is 0 Å². The molecule has 0 bridgehead atoms. The largest absolute Gasteiger partial charge is 0.481 e. The summed E-state index contributed by atoms with van der Waals surface area (Å²) in [5, 5.41) is 8.78. The summed E-state index contributed by atoms with van der Waals surface area (Å²) in [7, 11) is 0. The third-order valence-electron chi connectivity index (χ3n) is 2.76. The zero-order chi connectivity index (χ0) is 12.6. The van der Waals surface area contributed by atoms with Crippen LogP contribution in [0.25, 0.3) is 0 Å². The van der Waals surface area contributed by atoms with Gasteiger partial charge < -0.3 is 5.11 Å². The van der Waals surface area contributed by atoms with E-state index in [4.69, 9.17) is 5.11 Å². The fourth-order valence-electron chi connectivity index (χ4n) is 1.76. The third kappa shape index (κ3) is 1.80. The van der Waals surface area contributed by atoms with E-state index in [1.807, 2.05) is 0 Å². The lowest BCUT2D eigenvalue weighted by Gasteiger charge is -2.16. The molecule has 0 unspecified atom stereocenters. The number of hydrogen-bond donors (Lipinski definition) is 1. The molecule has 2 amide bonds. The van der Waals surface area contributed by atoms with Gasteiger partial charge in [-0.05, 0) is 12.1 Å². The summed E-state index contributed by atoms with van der Waals surface area (Å²) < 4.78 is 0. The molecule has 0 spiro atoms. The molecule has 1 heterocycles. The fourth-order valence-corrected chi connectivity index (χ4v) is 1.76. The van der Waals surface area contributed by atoms with E-state index in [0.717, 1.165) is 4.90 Å². The lowest BCUT2D eigenvalue weighted by Crippen LogP contribution is -2.36. The van der Waals surface area contributed by atoms with Gasteiger partial charge in [0.05, 0.1) is 17.0 Å². The van der Waals surface area contributed by atoms with E-state index < -0.39 is 23.7 Å². The van der Waals surface area contributed by atoms with Crippen LogP contribution in [0.15, 0.2) is 24.3 Å². The first-order chi connectivity index (χ1) is 8.02. The molecule has 0 radical (unpaired) electrons. The van der Waals surface area contributed by atoms with Gasteiger partial charge in [-0.3, -0.25) is 19.3 Å². The minimum absolute atomic E-state index is 0.0956. The molecule has 2 rings (SSSR count). The zero-order valence-corrected chi connectivity index (χ0v) is 9.21. The number of nitrogens with zero attached hydrogens (tertiary/aromatic N) is 1. The second-order valence-corrected chi connectivity index (χ2v) is 4.01. The molecule has 1 aromatic carbocycles. The first-order valence-corrected chi connectivity index (χ1v) is 5.20. The summed E-state index contributed by atoms with van der Waals surface area (Å²) >= 11 is 0. The maximum atomic E-state index is 11.9. The highest BCUT2D eigenvalue weighted by Gasteiger charge is 2.36. The summed E-state index contributed by atoms with van der Waals surface area (Å²) in [6.45, 7) is 1.37. The van der Waals surface area contributed by atoms with Crippen LogP contribution in [0.5, 0.6) is 0 Å². The molecule has 1 aromatic rings. The molecular weight excluding hydrogens is 222 g/mol. The molecule has 0 saturated heterocycles. The molecule has 5 nitrogen and oxygen atoms in total. The molecule has 0 aromatic heterocycles. The van der Waals surface area contributed by atoms with Crippen molar-refractivity contribution in [2.45, 2.75) is 6.92 Å². The number of imide groups is 1. The highest BCUT2D eigenvalue weighted by Crippen LogP contribution is 2.23. The van der Waals surface area contributed by atoms with Crippen LogP contribution in [-0.4, -0.2) is 34.3 Å². The Hall–Kier alpha value is -2.17. The van der Waals surface area contributed by atoms with E-state index in [2.05, 4.69) is 0 Å². The normalized spacial score (nSPS) is 15.9. The van der Waals surface area contributed by atoms with Crippen LogP contribution in [0.1, 0.15) is 27.6 Å². The minimum atomic E-state index is -1.03. The van der Waals surface area contributed by atoms with Gasteiger partial charge in [0.15, 0.2) is 0 Å². The van der Waals surface area contributed by atoms with Gasteiger partial charge in [0.25, 0.3) is 11.8 Å². The second kappa shape index (κ2) is 4.01. The quantitative estimate of drug-likeness (QED) is 0.790. The Morgan fingerprint density at radius 2 is 1.71 bits per heavy atom. The number of amides is 2. The Labute approximate surface area is 97.7 Å². The number of rotatable bonds is 3. The maximum absolute atomic E-state index is 11.9. The van der Waals surface area contributed by atoms with Crippen molar-refractivity contribution < 1.29 is 19.5 Å². The van der Waals surface area contributed by atoms with Gasteiger partial charge in [-0.2, -0.15) is 0 Å². The van der Waals surface area contributed by atoms with Crippen molar-refractivity contribution in [3.63, 3.8) is 0 Å². The fraction of sp³-hybridized carbons (Fsp3) is 0.250. The van der Waals surface area contributed by atoms with Crippen molar-refractivity contribution in [2.75, 3.05) is 6.54 Å². The smallest absolute Gasteiger partial charge is 0.308 e.